The maximum absolute atomic E-state index is 10.8. The fraction of sp³-hybridized carbons (Fsp3) is 0.647. The molecule has 3 N–H and O–H groups in total. The van der Waals surface area contributed by atoms with Gasteiger partial charge in [0, 0.05) is 11.6 Å². The Hall–Kier alpha value is -1.31. The molecule has 7 heteroatoms. The van der Waals surface area contributed by atoms with Crippen molar-refractivity contribution in [1.82, 2.24) is 5.32 Å². The zero-order valence-corrected chi connectivity index (χ0v) is 14.9. The molecule has 0 unspecified atom stereocenters. The van der Waals surface area contributed by atoms with Gasteiger partial charge >= 0.3 is 0 Å². The first-order valence-corrected chi connectivity index (χ1v) is 10.00. The summed E-state index contributed by atoms with van der Waals surface area (Å²) in [7, 11) is -2.34. The van der Waals surface area contributed by atoms with Gasteiger partial charge in [-0.25, -0.2) is 0 Å². The van der Waals surface area contributed by atoms with E-state index in [9.17, 15) is 13.5 Å². The monoisotopic (exact) mass is 357 g/mol. The molecular weight excluding hydrogens is 330 g/mol. The molecule has 1 aromatic carbocycles. The molecule has 0 aromatic heterocycles. The van der Waals surface area contributed by atoms with Gasteiger partial charge in [0.2, 0.25) is 0 Å². The molecule has 1 aliphatic rings. The van der Waals surface area contributed by atoms with Crippen molar-refractivity contribution in [2.24, 2.45) is 0 Å². The summed E-state index contributed by atoms with van der Waals surface area (Å²) in [6, 6.07) is 5.26. The van der Waals surface area contributed by atoms with E-state index in [4.69, 9.17) is 9.29 Å². The predicted molar refractivity (Wildman–Crippen MR) is 93.2 cm³/mol. The van der Waals surface area contributed by atoms with Crippen molar-refractivity contribution in [2.45, 2.75) is 50.5 Å². The van der Waals surface area contributed by atoms with Crippen LogP contribution in [-0.2, 0) is 16.5 Å². The van der Waals surface area contributed by atoms with Crippen LogP contribution in [0, 0.1) is 0 Å². The van der Waals surface area contributed by atoms with Crippen molar-refractivity contribution < 1.29 is 22.8 Å². The quantitative estimate of drug-likeness (QED) is 0.489. The summed E-state index contributed by atoms with van der Waals surface area (Å²) in [6.07, 6.45) is 6.61. The van der Waals surface area contributed by atoms with Crippen LogP contribution in [0.2, 0.25) is 0 Å². The minimum atomic E-state index is -3.91. The molecule has 1 aliphatic carbocycles. The lowest BCUT2D eigenvalue weighted by Crippen LogP contribution is -2.49. The largest absolute Gasteiger partial charge is 0.508 e. The summed E-state index contributed by atoms with van der Waals surface area (Å²) >= 11 is 0. The van der Waals surface area contributed by atoms with Gasteiger partial charge in [0.1, 0.15) is 11.5 Å². The van der Waals surface area contributed by atoms with Crippen LogP contribution in [0.1, 0.15) is 44.1 Å². The Labute approximate surface area is 144 Å². The first kappa shape index (κ1) is 19.0. The third-order valence-electron chi connectivity index (χ3n) is 4.62. The number of aromatic hydroxyl groups is 1. The lowest BCUT2D eigenvalue weighted by atomic mass is 9.77. The van der Waals surface area contributed by atoms with E-state index < -0.39 is 10.1 Å². The molecule has 0 bridgehead atoms. The maximum Gasteiger partial charge on any atom is 0.264 e. The summed E-state index contributed by atoms with van der Waals surface area (Å²) in [6.45, 7) is 0.537. The number of rotatable bonds is 8. The average molecular weight is 357 g/mol. The van der Waals surface area contributed by atoms with E-state index in [2.05, 4.69) is 5.32 Å². The fourth-order valence-corrected chi connectivity index (χ4v) is 4.02. The number of hydrogen-bond donors (Lipinski definition) is 3. The average Bonchev–Trinajstić information content (AvgIpc) is 2.51. The van der Waals surface area contributed by atoms with E-state index in [1.165, 1.54) is 6.42 Å². The minimum Gasteiger partial charge on any atom is -0.508 e. The summed E-state index contributed by atoms with van der Waals surface area (Å²) < 4.78 is 35.8. The predicted octanol–water partition coefficient (Wildman–Crippen LogP) is 2.51. The van der Waals surface area contributed by atoms with Crippen LogP contribution in [-0.4, -0.2) is 43.0 Å². The molecule has 0 aliphatic heterocycles. The standard InChI is InChI=1S/C17H27NO5S/c1-23-16-11-14(10-15(19)12-16)13-17(6-3-2-4-7-17)18-8-5-9-24(20,21)22/h10-12,18-19H,2-9,13H2,1H3,(H,20,21,22). The van der Waals surface area contributed by atoms with Crippen molar-refractivity contribution in [3.05, 3.63) is 23.8 Å². The van der Waals surface area contributed by atoms with E-state index in [0.29, 0.717) is 18.7 Å². The summed E-state index contributed by atoms with van der Waals surface area (Å²) in [5.74, 6) is 0.583. The molecule has 0 saturated heterocycles. The lowest BCUT2D eigenvalue weighted by Gasteiger charge is -2.39. The Bertz CT molecular complexity index is 638. The van der Waals surface area contributed by atoms with Crippen LogP contribution >= 0.6 is 0 Å². The normalized spacial score (nSPS) is 17.6. The summed E-state index contributed by atoms with van der Waals surface area (Å²) in [4.78, 5) is 0. The van der Waals surface area contributed by atoms with Gasteiger partial charge in [-0.05, 0) is 49.9 Å². The Morgan fingerprint density at radius 1 is 1.21 bits per heavy atom. The van der Waals surface area contributed by atoms with Crippen LogP contribution in [0.15, 0.2) is 18.2 Å². The van der Waals surface area contributed by atoms with Crippen LogP contribution in [0.25, 0.3) is 0 Å². The number of phenolic OH excluding ortho intramolecular Hbond substituents is 1. The smallest absolute Gasteiger partial charge is 0.264 e. The number of phenols is 1. The second-order valence-electron chi connectivity index (χ2n) is 6.62. The molecule has 6 nitrogen and oxygen atoms in total. The molecule has 2 rings (SSSR count). The highest BCUT2D eigenvalue weighted by molar-refractivity contribution is 7.85. The van der Waals surface area contributed by atoms with E-state index in [1.54, 1.807) is 19.2 Å². The minimum absolute atomic E-state index is 0.101. The van der Waals surface area contributed by atoms with E-state index in [1.807, 2.05) is 6.07 Å². The van der Waals surface area contributed by atoms with Gasteiger partial charge < -0.3 is 15.2 Å². The zero-order valence-electron chi connectivity index (χ0n) is 14.1. The molecule has 0 amide bonds. The highest BCUT2D eigenvalue weighted by atomic mass is 32.2. The third kappa shape index (κ3) is 5.96. The second kappa shape index (κ2) is 8.18. The van der Waals surface area contributed by atoms with Crippen LogP contribution in [0.5, 0.6) is 11.5 Å². The molecule has 0 heterocycles. The first-order chi connectivity index (χ1) is 11.3. The van der Waals surface area contributed by atoms with Gasteiger partial charge in [-0.1, -0.05) is 19.3 Å². The number of nitrogens with one attached hydrogen (secondary N) is 1. The Balaban J connectivity index is 2.05. The second-order valence-corrected chi connectivity index (χ2v) is 8.20. The highest BCUT2D eigenvalue weighted by Crippen LogP contribution is 2.33. The van der Waals surface area contributed by atoms with Gasteiger partial charge in [0.15, 0.2) is 0 Å². The van der Waals surface area contributed by atoms with E-state index in [0.717, 1.165) is 37.7 Å². The number of ether oxygens (including phenoxy) is 1. The van der Waals surface area contributed by atoms with Crippen LogP contribution in [0.3, 0.4) is 0 Å². The Morgan fingerprint density at radius 2 is 1.92 bits per heavy atom. The molecule has 136 valence electrons. The molecule has 1 aromatic rings. The van der Waals surface area contributed by atoms with Gasteiger partial charge in [-0.2, -0.15) is 8.42 Å². The topological polar surface area (TPSA) is 95.9 Å². The molecule has 1 saturated carbocycles. The number of benzene rings is 1. The van der Waals surface area contributed by atoms with Gasteiger partial charge in [-0.15, -0.1) is 0 Å². The molecule has 0 radical (unpaired) electrons. The lowest BCUT2D eigenvalue weighted by molar-refractivity contribution is 0.229. The molecule has 1 fully saturated rings. The Kier molecular flexibility index (Phi) is 6.48. The van der Waals surface area contributed by atoms with Crippen molar-refractivity contribution >= 4 is 10.1 Å². The molecule has 24 heavy (non-hydrogen) atoms. The van der Waals surface area contributed by atoms with Crippen molar-refractivity contribution in [3.63, 3.8) is 0 Å². The van der Waals surface area contributed by atoms with Crippen molar-refractivity contribution in [1.29, 1.82) is 0 Å². The number of methoxy groups -OCH3 is 1. The summed E-state index contributed by atoms with van der Waals surface area (Å²) in [5.41, 5.74) is 0.895. The SMILES string of the molecule is COc1cc(O)cc(CC2(NCCCS(=O)(=O)O)CCCCC2)c1. The van der Waals surface area contributed by atoms with Crippen molar-refractivity contribution in [2.75, 3.05) is 19.4 Å². The first-order valence-electron chi connectivity index (χ1n) is 8.39. The van der Waals surface area contributed by atoms with Gasteiger partial charge in [-0.3, -0.25) is 4.55 Å². The fourth-order valence-electron chi connectivity index (χ4n) is 3.51. The van der Waals surface area contributed by atoms with Crippen LogP contribution < -0.4 is 10.1 Å². The van der Waals surface area contributed by atoms with Gasteiger partial charge in [0.25, 0.3) is 10.1 Å². The van der Waals surface area contributed by atoms with Crippen LogP contribution in [0.4, 0.5) is 0 Å². The maximum atomic E-state index is 10.8. The third-order valence-corrected chi connectivity index (χ3v) is 5.42. The van der Waals surface area contributed by atoms with Crippen molar-refractivity contribution in [3.8, 4) is 11.5 Å². The summed E-state index contributed by atoms with van der Waals surface area (Å²) in [5, 5.41) is 13.4. The highest BCUT2D eigenvalue weighted by Gasteiger charge is 2.31. The molecule has 0 spiro atoms. The Morgan fingerprint density at radius 3 is 2.54 bits per heavy atom. The van der Waals surface area contributed by atoms with Gasteiger partial charge in [0.05, 0.1) is 12.9 Å². The van der Waals surface area contributed by atoms with E-state index in [-0.39, 0.29) is 17.0 Å². The van der Waals surface area contributed by atoms with E-state index >= 15 is 0 Å². The molecule has 0 atom stereocenters. The number of hydrogen-bond acceptors (Lipinski definition) is 5. The zero-order chi connectivity index (χ0) is 17.6. The molecular formula is C17H27NO5S.